The normalized spacial score (nSPS) is 15.1. The monoisotopic (exact) mass is 532 g/mol. The quantitative estimate of drug-likeness (QED) is 0.350. The summed E-state index contributed by atoms with van der Waals surface area (Å²) in [6, 6.07) is 12.8. The van der Waals surface area contributed by atoms with Gasteiger partial charge in [-0.1, -0.05) is 31.2 Å². The van der Waals surface area contributed by atoms with Gasteiger partial charge in [0.15, 0.2) is 0 Å². The number of piperazine rings is 1. The van der Waals surface area contributed by atoms with Crippen LogP contribution in [0.25, 0.3) is 0 Å². The van der Waals surface area contributed by atoms with Gasteiger partial charge in [-0.2, -0.15) is 4.31 Å². The molecule has 0 aliphatic carbocycles. The molecule has 0 bridgehead atoms. The summed E-state index contributed by atoms with van der Waals surface area (Å²) in [4.78, 5) is 26.7. The molecule has 202 valence electrons. The number of carbonyl (C=O) groups is 1. The molecule has 1 aliphatic rings. The second kappa shape index (κ2) is 12.0. The van der Waals surface area contributed by atoms with E-state index in [0.29, 0.717) is 26.1 Å². The molecule has 10 nitrogen and oxygen atoms in total. The van der Waals surface area contributed by atoms with Crippen molar-refractivity contribution in [2.24, 2.45) is 0 Å². The predicted octanol–water partition coefficient (Wildman–Crippen LogP) is 4.25. The van der Waals surface area contributed by atoms with E-state index in [0.717, 1.165) is 30.8 Å². The summed E-state index contributed by atoms with van der Waals surface area (Å²) in [5.74, 6) is 0. The Morgan fingerprint density at radius 1 is 1.00 bits per heavy atom. The highest BCUT2D eigenvalue weighted by atomic mass is 32.2. The van der Waals surface area contributed by atoms with Gasteiger partial charge in [0, 0.05) is 57.9 Å². The molecule has 0 radical (unpaired) electrons. The van der Waals surface area contributed by atoms with Crippen LogP contribution in [0.1, 0.15) is 45.2 Å². The zero-order chi connectivity index (χ0) is 27.2. The minimum atomic E-state index is -3.80. The first-order valence-electron chi connectivity index (χ1n) is 12.4. The van der Waals surface area contributed by atoms with Crippen molar-refractivity contribution in [2.45, 2.75) is 57.7 Å². The third-order valence-corrected chi connectivity index (χ3v) is 7.83. The molecular weight excluding hydrogens is 496 g/mol. The third-order valence-electron chi connectivity index (χ3n) is 5.97. The van der Waals surface area contributed by atoms with Crippen LogP contribution in [-0.2, 0) is 27.8 Å². The Morgan fingerprint density at radius 3 is 2.08 bits per heavy atom. The van der Waals surface area contributed by atoms with E-state index in [1.807, 2.05) is 52.0 Å². The number of hydrogen-bond donors (Lipinski definition) is 0. The average molecular weight is 533 g/mol. The van der Waals surface area contributed by atoms with Crippen molar-refractivity contribution in [3.63, 3.8) is 0 Å². The van der Waals surface area contributed by atoms with Crippen LogP contribution in [0.5, 0.6) is 0 Å². The van der Waals surface area contributed by atoms with Gasteiger partial charge in [0.2, 0.25) is 10.0 Å². The maximum Gasteiger partial charge on any atom is 0.410 e. The van der Waals surface area contributed by atoms with Crippen molar-refractivity contribution in [2.75, 3.05) is 32.7 Å². The molecule has 2 aromatic carbocycles. The van der Waals surface area contributed by atoms with E-state index < -0.39 is 20.5 Å². The molecule has 1 amide bonds. The Balaban J connectivity index is 1.59. The fourth-order valence-electron chi connectivity index (χ4n) is 4.05. The van der Waals surface area contributed by atoms with E-state index in [-0.39, 0.29) is 23.2 Å². The Kier molecular flexibility index (Phi) is 9.27. The van der Waals surface area contributed by atoms with Crippen molar-refractivity contribution in [3.05, 3.63) is 69.8 Å². The molecule has 0 spiro atoms. The van der Waals surface area contributed by atoms with Crippen molar-refractivity contribution >= 4 is 21.8 Å². The fourth-order valence-corrected chi connectivity index (χ4v) is 5.57. The molecule has 37 heavy (non-hydrogen) atoms. The van der Waals surface area contributed by atoms with E-state index in [2.05, 4.69) is 4.90 Å². The van der Waals surface area contributed by atoms with Gasteiger partial charge in [-0.25, -0.2) is 13.2 Å². The van der Waals surface area contributed by atoms with E-state index in [1.54, 1.807) is 4.90 Å². The number of ether oxygens (including phenoxy) is 1. The van der Waals surface area contributed by atoms with Gasteiger partial charge in [0.1, 0.15) is 5.60 Å². The first-order valence-corrected chi connectivity index (χ1v) is 13.9. The summed E-state index contributed by atoms with van der Waals surface area (Å²) < 4.78 is 33.3. The molecule has 0 N–H and O–H groups in total. The van der Waals surface area contributed by atoms with Crippen molar-refractivity contribution in [1.29, 1.82) is 0 Å². The molecular formula is C26H36N4O6S. The Morgan fingerprint density at radius 2 is 1.57 bits per heavy atom. The number of non-ortho nitro benzene ring substituents is 1. The van der Waals surface area contributed by atoms with Crippen molar-refractivity contribution in [3.8, 4) is 0 Å². The molecule has 1 aliphatic heterocycles. The summed E-state index contributed by atoms with van der Waals surface area (Å²) >= 11 is 0. The molecule has 2 aromatic rings. The lowest BCUT2D eigenvalue weighted by atomic mass is 10.1. The van der Waals surface area contributed by atoms with Crippen LogP contribution in [0.15, 0.2) is 53.4 Å². The molecule has 0 aromatic heterocycles. The van der Waals surface area contributed by atoms with Gasteiger partial charge in [-0.3, -0.25) is 15.0 Å². The number of carbonyl (C=O) groups excluding carboxylic acids is 1. The Bertz CT molecular complexity index is 1170. The summed E-state index contributed by atoms with van der Waals surface area (Å²) in [7, 11) is -3.80. The lowest BCUT2D eigenvalue weighted by Crippen LogP contribution is -2.49. The molecule has 0 unspecified atom stereocenters. The minimum absolute atomic E-state index is 0.0358. The molecule has 1 fully saturated rings. The summed E-state index contributed by atoms with van der Waals surface area (Å²) in [5.41, 5.74) is 1.30. The van der Waals surface area contributed by atoms with E-state index in [9.17, 15) is 23.3 Å². The number of rotatable bonds is 9. The Hall–Kier alpha value is -3.02. The molecule has 1 saturated heterocycles. The van der Waals surface area contributed by atoms with Crippen molar-refractivity contribution in [1.82, 2.24) is 14.1 Å². The second-order valence-corrected chi connectivity index (χ2v) is 12.1. The lowest BCUT2D eigenvalue weighted by Gasteiger charge is -2.35. The fraction of sp³-hybridized carbons (Fsp3) is 0.500. The minimum Gasteiger partial charge on any atom is -0.444 e. The number of nitro groups is 1. The summed E-state index contributed by atoms with van der Waals surface area (Å²) in [5, 5.41) is 10.9. The van der Waals surface area contributed by atoms with Crippen LogP contribution >= 0.6 is 0 Å². The van der Waals surface area contributed by atoms with Crippen LogP contribution < -0.4 is 0 Å². The Labute approximate surface area is 219 Å². The molecule has 0 saturated carbocycles. The van der Waals surface area contributed by atoms with E-state index in [1.165, 1.54) is 28.6 Å². The predicted molar refractivity (Wildman–Crippen MR) is 141 cm³/mol. The SMILES string of the molecule is CCCN(Cc1ccc(CN2CCN(C(=O)OC(C)(C)C)CC2)cc1)S(=O)(=O)c1ccc([N+](=O)[O-])cc1. The largest absolute Gasteiger partial charge is 0.444 e. The maximum atomic E-state index is 13.2. The van der Waals surface area contributed by atoms with Gasteiger partial charge in [-0.15, -0.1) is 0 Å². The van der Waals surface area contributed by atoms with Gasteiger partial charge in [0.25, 0.3) is 5.69 Å². The first-order chi connectivity index (χ1) is 17.4. The summed E-state index contributed by atoms with van der Waals surface area (Å²) in [6.45, 7) is 11.5. The average Bonchev–Trinajstić information content (AvgIpc) is 2.84. The van der Waals surface area contributed by atoms with Crippen molar-refractivity contribution < 1.29 is 22.9 Å². The molecule has 0 atom stereocenters. The highest BCUT2D eigenvalue weighted by Gasteiger charge is 2.27. The smallest absolute Gasteiger partial charge is 0.410 e. The maximum absolute atomic E-state index is 13.2. The topological polar surface area (TPSA) is 113 Å². The van der Waals surface area contributed by atoms with Crippen LogP contribution in [-0.4, -0.2) is 71.9 Å². The molecule has 3 rings (SSSR count). The number of hydrogen-bond acceptors (Lipinski definition) is 7. The zero-order valence-corrected chi connectivity index (χ0v) is 22.7. The third kappa shape index (κ3) is 7.98. The van der Waals surface area contributed by atoms with Gasteiger partial charge in [0.05, 0.1) is 9.82 Å². The molecule has 1 heterocycles. The highest BCUT2D eigenvalue weighted by molar-refractivity contribution is 7.89. The number of nitrogens with zero attached hydrogens (tertiary/aromatic N) is 4. The summed E-state index contributed by atoms with van der Waals surface area (Å²) in [6.07, 6.45) is 0.358. The number of benzene rings is 2. The van der Waals surface area contributed by atoms with E-state index >= 15 is 0 Å². The standard InChI is InChI=1S/C26H36N4O6S/c1-5-14-29(37(34,35)24-12-10-23(11-13-24)30(32)33)20-22-8-6-21(7-9-22)19-27-15-17-28(18-16-27)25(31)36-26(2,3)4/h6-13H,5,14-20H2,1-4H3. The number of sulfonamides is 1. The van der Waals surface area contributed by atoms with Crippen LogP contribution in [0, 0.1) is 10.1 Å². The molecule has 11 heteroatoms. The van der Waals surface area contributed by atoms with Crippen LogP contribution in [0.3, 0.4) is 0 Å². The lowest BCUT2D eigenvalue weighted by molar-refractivity contribution is -0.384. The zero-order valence-electron chi connectivity index (χ0n) is 21.9. The highest BCUT2D eigenvalue weighted by Crippen LogP contribution is 2.22. The van der Waals surface area contributed by atoms with Crippen LogP contribution in [0.4, 0.5) is 10.5 Å². The van der Waals surface area contributed by atoms with Gasteiger partial charge < -0.3 is 9.64 Å². The number of amides is 1. The van der Waals surface area contributed by atoms with E-state index in [4.69, 9.17) is 4.74 Å². The van der Waals surface area contributed by atoms with Crippen LogP contribution in [0.2, 0.25) is 0 Å². The van der Waals surface area contributed by atoms with Gasteiger partial charge >= 0.3 is 6.09 Å². The first kappa shape index (κ1) is 28.5. The second-order valence-electron chi connectivity index (χ2n) is 10.1. The van der Waals surface area contributed by atoms with Gasteiger partial charge in [-0.05, 0) is 50.5 Å². The number of nitro benzene ring substituents is 1.